The van der Waals surface area contributed by atoms with Gasteiger partial charge in [-0.25, -0.2) is 0 Å². The fraction of sp³-hybridized carbons (Fsp3) is 0.417. The zero-order valence-electron chi connectivity index (χ0n) is 16.7. The van der Waals surface area contributed by atoms with Crippen molar-refractivity contribution in [2.45, 2.75) is 59.9 Å². The van der Waals surface area contributed by atoms with E-state index in [1.54, 1.807) is 0 Å². The van der Waals surface area contributed by atoms with Gasteiger partial charge in [0.2, 0.25) is 0 Å². The molecule has 0 aliphatic heterocycles. The first-order chi connectivity index (χ1) is 11.8. The van der Waals surface area contributed by atoms with Gasteiger partial charge in [-0.05, 0) is 61.1 Å². The molecule has 1 heteroatoms. The van der Waals surface area contributed by atoms with Gasteiger partial charge in [-0.15, -0.1) is 0 Å². The van der Waals surface area contributed by atoms with Gasteiger partial charge in [0, 0.05) is 6.04 Å². The van der Waals surface area contributed by atoms with Crippen LogP contribution in [0.25, 0.3) is 12.2 Å². The first-order valence-electron chi connectivity index (χ1n) is 9.34. The van der Waals surface area contributed by atoms with Gasteiger partial charge in [0.1, 0.15) is 0 Å². The molecular formula is C24H35N. The van der Waals surface area contributed by atoms with Crippen LogP contribution in [0.5, 0.6) is 0 Å². The van der Waals surface area contributed by atoms with Crippen molar-refractivity contribution in [1.82, 2.24) is 0 Å². The second-order valence-electron chi connectivity index (χ2n) is 7.08. The molecule has 0 saturated heterocycles. The van der Waals surface area contributed by atoms with Crippen LogP contribution in [0.3, 0.4) is 0 Å². The summed E-state index contributed by atoms with van der Waals surface area (Å²) in [7, 11) is 0. The van der Waals surface area contributed by atoms with E-state index in [4.69, 9.17) is 5.73 Å². The van der Waals surface area contributed by atoms with Crippen LogP contribution in [0.1, 0.15) is 52.5 Å². The summed E-state index contributed by atoms with van der Waals surface area (Å²) in [5.41, 5.74) is 11.9. The van der Waals surface area contributed by atoms with E-state index in [9.17, 15) is 0 Å². The van der Waals surface area contributed by atoms with Gasteiger partial charge in [0.05, 0.1) is 0 Å². The summed E-state index contributed by atoms with van der Waals surface area (Å²) in [4.78, 5) is 0. The Morgan fingerprint density at radius 2 is 2.00 bits per heavy atom. The highest BCUT2D eigenvalue weighted by atomic mass is 14.6. The first kappa shape index (κ1) is 21.2. The van der Waals surface area contributed by atoms with Crippen LogP contribution in [-0.2, 0) is 0 Å². The van der Waals surface area contributed by atoms with E-state index < -0.39 is 0 Å². The molecule has 1 aromatic carbocycles. The Kier molecular flexibility index (Phi) is 8.65. The Hall–Kier alpha value is -1.86. The second kappa shape index (κ2) is 10.2. The number of nitrogens with two attached hydrogens (primary N) is 1. The van der Waals surface area contributed by atoms with Crippen molar-refractivity contribution >= 4 is 12.2 Å². The highest BCUT2D eigenvalue weighted by molar-refractivity contribution is 5.62. The van der Waals surface area contributed by atoms with Gasteiger partial charge < -0.3 is 5.73 Å². The van der Waals surface area contributed by atoms with Gasteiger partial charge in [-0.2, -0.15) is 0 Å². The summed E-state index contributed by atoms with van der Waals surface area (Å²) in [6, 6.07) is 6.34. The zero-order valence-corrected chi connectivity index (χ0v) is 16.7. The smallest absolute Gasteiger partial charge is 0.0330 e. The van der Waals surface area contributed by atoms with Crippen molar-refractivity contribution in [3.05, 3.63) is 70.2 Å². The molecule has 25 heavy (non-hydrogen) atoms. The molecule has 1 nitrogen and oxygen atoms in total. The summed E-state index contributed by atoms with van der Waals surface area (Å²) >= 11 is 0. The Balaban J connectivity index is 3.29. The molecule has 2 unspecified atom stereocenters. The Bertz CT molecular complexity index is 749. The van der Waals surface area contributed by atoms with Crippen LogP contribution >= 0.6 is 0 Å². The van der Waals surface area contributed by atoms with Crippen molar-refractivity contribution in [2.75, 3.05) is 0 Å². The number of benzene rings is 1. The third kappa shape index (κ3) is 5.86. The number of hydrogen-bond donors (Lipinski definition) is 1. The Morgan fingerprint density at radius 3 is 2.56 bits per heavy atom. The van der Waals surface area contributed by atoms with E-state index in [-0.39, 0.29) is 6.04 Å². The fourth-order valence-corrected chi connectivity index (χ4v) is 3.33. The number of rotatable bonds is 8. The second-order valence-corrected chi connectivity index (χ2v) is 7.08. The molecular weight excluding hydrogens is 302 g/mol. The van der Waals surface area contributed by atoms with E-state index in [1.165, 1.54) is 22.3 Å². The minimum Gasteiger partial charge on any atom is -0.324 e. The summed E-state index contributed by atoms with van der Waals surface area (Å²) in [5.74, 6) is 0.345. The molecule has 0 heterocycles. The molecule has 2 atom stereocenters. The number of allylic oxidation sites excluding steroid dienone is 4. The molecule has 1 aromatic rings. The van der Waals surface area contributed by atoms with E-state index >= 15 is 0 Å². The van der Waals surface area contributed by atoms with E-state index in [1.807, 2.05) is 13.0 Å². The Labute approximate surface area is 154 Å². The topological polar surface area (TPSA) is 26.0 Å². The summed E-state index contributed by atoms with van der Waals surface area (Å²) in [6.07, 6.45) is 9.43. The first-order valence-corrected chi connectivity index (χ1v) is 9.34. The molecule has 0 saturated carbocycles. The standard InChI is InChI=1S/C24H35N/c1-8-11-21(10-3)19(6)16-20(7)24(25)22(12-9-2)23-15-17(4)13-14-18(23)5/h9-10,12-15,20,24H,3,5,8,11,16,25H2,1-2,4,6-7H3/b12-9-,21-19-,23-22+. The van der Waals surface area contributed by atoms with Gasteiger partial charge in [0.15, 0.2) is 0 Å². The van der Waals surface area contributed by atoms with Gasteiger partial charge in [0.25, 0.3) is 0 Å². The predicted octanol–water partition coefficient (Wildman–Crippen LogP) is 4.79. The van der Waals surface area contributed by atoms with Gasteiger partial charge in [-0.1, -0.05) is 81.0 Å². The zero-order chi connectivity index (χ0) is 19.0. The molecule has 0 radical (unpaired) electrons. The van der Waals surface area contributed by atoms with Crippen LogP contribution in [0.2, 0.25) is 0 Å². The van der Waals surface area contributed by atoms with Crippen LogP contribution in [0.15, 0.2) is 54.2 Å². The normalized spacial score (nSPS) is 16.4. The lowest BCUT2D eigenvalue weighted by molar-refractivity contribution is 0.521. The van der Waals surface area contributed by atoms with Gasteiger partial charge in [-0.3, -0.25) is 0 Å². The molecule has 0 fully saturated rings. The van der Waals surface area contributed by atoms with Crippen molar-refractivity contribution < 1.29 is 0 Å². The van der Waals surface area contributed by atoms with Crippen molar-refractivity contribution in [3.63, 3.8) is 0 Å². The molecule has 2 N–H and O–H groups in total. The number of aryl methyl sites for hydroxylation is 1. The van der Waals surface area contributed by atoms with Crippen molar-refractivity contribution in [3.8, 4) is 0 Å². The third-order valence-corrected chi connectivity index (χ3v) is 4.84. The van der Waals surface area contributed by atoms with E-state index in [2.05, 4.69) is 71.2 Å². The molecule has 0 bridgehead atoms. The molecule has 0 aromatic heterocycles. The summed E-state index contributed by atoms with van der Waals surface area (Å²) in [5, 5.41) is 2.20. The maximum Gasteiger partial charge on any atom is 0.0330 e. The summed E-state index contributed by atoms with van der Waals surface area (Å²) in [6.45, 7) is 19.0. The lowest BCUT2D eigenvalue weighted by Crippen LogP contribution is -2.37. The fourth-order valence-electron chi connectivity index (χ4n) is 3.33. The largest absolute Gasteiger partial charge is 0.324 e. The molecule has 1 rings (SSSR count). The maximum atomic E-state index is 6.70. The highest BCUT2D eigenvalue weighted by Crippen LogP contribution is 2.23. The lowest BCUT2D eigenvalue weighted by atomic mass is 9.86. The number of hydrogen-bond acceptors (Lipinski definition) is 1. The average Bonchev–Trinajstić information content (AvgIpc) is 2.59. The van der Waals surface area contributed by atoms with Crippen molar-refractivity contribution in [2.24, 2.45) is 11.7 Å². The quantitative estimate of drug-likeness (QED) is 0.678. The van der Waals surface area contributed by atoms with E-state index in [0.717, 1.165) is 29.7 Å². The SMILES string of the molecule is C=C/C(CCC)=C(\C)CC(C)C(N)C(/C=C\C)=c1\cc(C)ccc1=C. The predicted molar refractivity (Wildman–Crippen MR) is 114 cm³/mol. The van der Waals surface area contributed by atoms with Gasteiger partial charge >= 0.3 is 0 Å². The lowest BCUT2D eigenvalue weighted by Gasteiger charge is -2.23. The summed E-state index contributed by atoms with van der Waals surface area (Å²) < 4.78 is 0. The third-order valence-electron chi connectivity index (χ3n) is 4.84. The molecule has 0 spiro atoms. The average molecular weight is 338 g/mol. The minimum atomic E-state index is -0.0267. The maximum absolute atomic E-state index is 6.70. The van der Waals surface area contributed by atoms with Crippen LogP contribution in [0.4, 0.5) is 0 Å². The van der Waals surface area contributed by atoms with Crippen LogP contribution < -0.4 is 16.2 Å². The monoisotopic (exact) mass is 337 g/mol. The molecule has 0 aliphatic rings. The van der Waals surface area contributed by atoms with Crippen molar-refractivity contribution in [1.29, 1.82) is 0 Å². The highest BCUT2D eigenvalue weighted by Gasteiger charge is 2.18. The molecule has 136 valence electrons. The molecule has 0 amide bonds. The van der Waals surface area contributed by atoms with Crippen LogP contribution in [0, 0.1) is 12.8 Å². The minimum absolute atomic E-state index is 0.0267. The van der Waals surface area contributed by atoms with Crippen LogP contribution in [-0.4, -0.2) is 6.04 Å². The Morgan fingerprint density at radius 1 is 1.32 bits per heavy atom. The van der Waals surface area contributed by atoms with E-state index in [0.29, 0.717) is 5.92 Å². The molecule has 0 aliphatic carbocycles.